The van der Waals surface area contributed by atoms with Crippen molar-refractivity contribution in [3.8, 4) is 0 Å². The van der Waals surface area contributed by atoms with E-state index in [1.807, 2.05) is 7.11 Å². The monoisotopic (exact) mass is 210 g/mol. The first-order valence-electron chi connectivity index (χ1n) is 6.19. The Morgan fingerprint density at radius 2 is 2.07 bits per heavy atom. The molecule has 2 unspecified atom stereocenters. The molecule has 2 aliphatic heterocycles. The predicted octanol–water partition coefficient (Wildman–Crippen LogP) is 0.801. The molecule has 3 aliphatic rings. The summed E-state index contributed by atoms with van der Waals surface area (Å²) >= 11 is 0. The minimum atomic E-state index is 0.516. The second-order valence-electron chi connectivity index (χ2n) is 5.72. The molecule has 0 radical (unpaired) electrons. The van der Waals surface area contributed by atoms with E-state index in [1.54, 1.807) is 0 Å². The van der Waals surface area contributed by atoms with Crippen molar-refractivity contribution >= 4 is 0 Å². The molecule has 2 heterocycles. The van der Waals surface area contributed by atoms with Crippen molar-refractivity contribution in [1.29, 1.82) is 0 Å². The molecule has 1 aliphatic carbocycles. The van der Waals surface area contributed by atoms with Crippen molar-refractivity contribution in [2.75, 3.05) is 40.3 Å². The summed E-state index contributed by atoms with van der Waals surface area (Å²) in [5.74, 6) is 0. The van der Waals surface area contributed by atoms with E-state index in [-0.39, 0.29) is 0 Å². The lowest BCUT2D eigenvalue weighted by Crippen LogP contribution is -2.65. The highest BCUT2D eigenvalue weighted by molar-refractivity contribution is 5.08. The second-order valence-corrected chi connectivity index (χ2v) is 5.72. The molecule has 3 heteroatoms. The van der Waals surface area contributed by atoms with Gasteiger partial charge in [0.25, 0.3) is 0 Å². The SMILES string of the molecule is COC1CN(C2CCC23CCN(C)C3)C1. The van der Waals surface area contributed by atoms with Gasteiger partial charge in [0, 0.05) is 32.8 Å². The standard InChI is InChI=1S/C12H22N2O/c1-13-6-5-12(9-13)4-3-11(12)14-7-10(8-14)15-2/h10-11H,3-9H2,1-2H3. The Kier molecular flexibility index (Phi) is 2.31. The van der Waals surface area contributed by atoms with Crippen LogP contribution in [0, 0.1) is 5.41 Å². The first-order valence-corrected chi connectivity index (χ1v) is 6.19. The molecule has 0 bridgehead atoms. The Bertz CT molecular complexity index is 252. The molecule has 2 saturated heterocycles. The number of hydrogen-bond acceptors (Lipinski definition) is 3. The molecule has 1 spiro atoms. The van der Waals surface area contributed by atoms with Crippen molar-refractivity contribution in [2.24, 2.45) is 5.41 Å². The molecule has 2 atom stereocenters. The maximum Gasteiger partial charge on any atom is 0.0825 e. The molecule has 0 aromatic heterocycles. The fourth-order valence-corrected chi connectivity index (χ4v) is 3.71. The van der Waals surface area contributed by atoms with Crippen molar-refractivity contribution < 1.29 is 4.74 Å². The summed E-state index contributed by atoms with van der Waals surface area (Å²) in [5, 5.41) is 0. The number of methoxy groups -OCH3 is 1. The molecule has 3 nitrogen and oxygen atoms in total. The van der Waals surface area contributed by atoms with E-state index in [0.29, 0.717) is 11.5 Å². The molecule has 3 rings (SSSR count). The van der Waals surface area contributed by atoms with Gasteiger partial charge in [-0.1, -0.05) is 0 Å². The molecule has 3 fully saturated rings. The van der Waals surface area contributed by atoms with Crippen molar-refractivity contribution in [3.63, 3.8) is 0 Å². The highest BCUT2D eigenvalue weighted by Gasteiger charge is 2.54. The summed E-state index contributed by atoms with van der Waals surface area (Å²) in [6, 6.07) is 0.869. The molecule has 1 saturated carbocycles. The van der Waals surface area contributed by atoms with E-state index in [0.717, 1.165) is 6.04 Å². The lowest BCUT2D eigenvalue weighted by Gasteiger charge is -2.57. The smallest absolute Gasteiger partial charge is 0.0825 e. The van der Waals surface area contributed by atoms with E-state index < -0.39 is 0 Å². The van der Waals surface area contributed by atoms with Crippen LogP contribution in [0.1, 0.15) is 19.3 Å². The van der Waals surface area contributed by atoms with E-state index in [1.165, 1.54) is 45.4 Å². The van der Waals surface area contributed by atoms with Gasteiger partial charge in [0.2, 0.25) is 0 Å². The summed E-state index contributed by atoms with van der Waals surface area (Å²) < 4.78 is 5.36. The van der Waals surface area contributed by atoms with Crippen LogP contribution in [-0.2, 0) is 4.74 Å². The first-order chi connectivity index (χ1) is 7.23. The van der Waals surface area contributed by atoms with Gasteiger partial charge in [0.1, 0.15) is 0 Å². The van der Waals surface area contributed by atoms with E-state index >= 15 is 0 Å². The highest BCUT2D eigenvalue weighted by atomic mass is 16.5. The van der Waals surface area contributed by atoms with Crippen LogP contribution >= 0.6 is 0 Å². The van der Waals surface area contributed by atoms with Gasteiger partial charge < -0.3 is 9.64 Å². The van der Waals surface area contributed by atoms with Crippen LogP contribution in [0.2, 0.25) is 0 Å². The van der Waals surface area contributed by atoms with E-state index in [9.17, 15) is 0 Å². The third kappa shape index (κ3) is 1.44. The quantitative estimate of drug-likeness (QED) is 0.670. The maximum atomic E-state index is 5.36. The van der Waals surface area contributed by atoms with E-state index in [2.05, 4.69) is 16.8 Å². The maximum absolute atomic E-state index is 5.36. The molecule has 0 N–H and O–H groups in total. The molecule has 15 heavy (non-hydrogen) atoms. The minimum absolute atomic E-state index is 0.516. The van der Waals surface area contributed by atoms with Gasteiger partial charge in [-0.2, -0.15) is 0 Å². The van der Waals surface area contributed by atoms with Gasteiger partial charge in [-0.3, -0.25) is 4.90 Å². The van der Waals surface area contributed by atoms with Crippen LogP contribution in [-0.4, -0.2) is 62.3 Å². The number of rotatable bonds is 2. The topological polar surface area (TPSA) is 15.7 Å². The summed E-state index contributed by atoms with van der Waals surface area (Å²) in [5.41, 5.74) is 0.660. The Balaban J connectivity index is 1.60. The average molecular weight is 210 g/mol. The molecular formula is C12H22N2O. The minimum Gasteiger partial charge on any atom is -0.379 e. The summed E-state index contributed by atoms with van der Waals surface area (Å²) in [7, 11) is 4.10. The third-order valence-corrected chi connectivity index (χ3v) is 4.85. The zero-order chi connectivity index (χ0) is 10.5. The molecule has 0 aromatic rings. The van der Waals surface area contributed by atoms with Gasteiger partial charge >= 0.3 is 0 Å². The van der Waals surface area contributed by atoms with Crippen molar-refractivity contribution in [1.82, 2.24) is 9.80 Å². The summed E-state index contributed by atoms with van der Waals surface area (Å²) in [4.78, 5) is 5.15. The van der Waals surface area contributed by atoms with Crippen LogP contribution in [0.25, 0.3) is 0 Å². The van der Waals surface area contributed by atoms with Gasteiger partial charge in [0.15, 0.2) is 0 Å². The average Bonchev–Trinajstić information content (AvgIpc) is 2.53. The zero-order valence-corrected chi connectivity index (χ0v) is 9.91. The second kappa shape index (κ2) is 3.44. The molecular weight excluding hydrogens is 188 g/mol. The largest absolute Gasteiger partial charge is 0.379 e. The number of likely N-dealkylation sites (tertiary alicyclic amines) is 2. The normalized spacial score (nSPS) is 43.2. The van der Waals surface area contributed by atoms with Gasteiger partial charge in [0.05, 0.1) is 6.10 Å². The van der Waals surface area contributed by atoms with Crippen LogP contribution in [0.15, 0.2) is 0 Å². The molecule has 0 amide bonds. The predicted molar refractivity (Wildman–Crippen MR) is 59.9 cm³/mol. The highest BCUT2D eigenvalue weighted by Crippen LogP contribution is 2.51. The molecule has 0 aromatic carbocycles. The third-order valence-electron chi connectivity index (χ3n) is 4.85. The van der Waals surface area contributed by atoms with Gasteiger partial charge in [-0.05, 0) is 38.3 Å². The molecule has 86 valence electrons. The Labute approximate surface area is 92.4 Å². The van der Waals surface area contributed by atoms with Gasteiger partial charge in [-0.15, -0.1) is 0 Å². The van der Waals surface area contributed by atoms with Crippen LogP contribution in [0.4, 0.5) is 0 Å². The van der Waals surface area contributed by atoms with Crippen molar-refractivity contribution in [3.05, 3.63) is 0 Å². The fourth-order valence-electron chi connectivity index (χ4n) is 3.71. The van der Waals surface area contributed by atoms with Crippen LogP contribution in [0.3, 0.4) is 0 Å². The Morgan fingerprint density at radius 3 is 2.53 bits per heavy atom. The number of hydrogen-bond donors (Lipinski definition) is 0. The van der Waals surface area contributed by atoms with Crippen molar-refractivity contribution in [2.45, 2.75) is 31.4 Å². The fraction of sp³-hybridized carbons (Fsp3) is 1.00. The van der Waals surface area contributed by atoms with Gasteiger partial charge in [-0.25, -0.2) is 0 Å². The lowest BCUT2D eigenvalue weighted by atomic mass is 9.62. The Morgan fingerprint density at radius 1 is 1.27 bits per heavy atom. The summed E-state index contributed by atoms with van der Waals surface area (Å²) in [6.45, 7) is 4.98. The lowest BCUT2D eigenvalue weighted by molar-refractivity contribution is -0.114. The Hall–Kier alpha value is -0.120. The number of nitrogens with zero attached hydrogens (tertiary/aromatic N) is 2. The zero-order valence-electron chi connectivity index (χ0n) is 9.91. The first kappa shape index (κ1) is 10.1. The van der Waals surface area contributed by atoms with E-state index in [4.69, 9.17) is 4.74 Å². The van der Waals surface area contributed by atoms with Crippen LogP contribution in [0.5, 0.6) is 0 Å². The number of ether oxygens (including phenoxy) is 1. The van der Waals surface area contributed by atoms with Crippen LogP contribution < -0.4 is 0 Å². The summed E-state index contributed by atoms with van der Waals surface area (Å²) in [6.07, 6.45) is 4.81.